The van der Waals surface area contributed by atoms with E-state index >= 15 is 4.39 Å². The molecule has 6 nitrogen and oxygen atoms in total. The van der Waals surface area contributed by atoms with Crippen LogP contribution in [-0.4, -0.2) is 58.1 Å². The highest BCUT2D eigenvalue weighted by atomic mass is 19.4. The maximum absolute atomic E-state index is 15.2. The number of rotatable bonds is 4. The highest BCUT2D eigenvalue weighted by molar-refractivity contribution is 5.56. The van der Waals surface area contributed by atoms with Crippen LogP contribution in [0, 0.1) is 11.8 Å². The van der Waals surface area contributed by atoms with Gasteiger partial charge in [0.05, 0.1) is 16.6 Å². The molecule has 184 valence electrons. The summed E-state index contributed by atoms with van der Waals surface area (Å²) in [6, 6.07) is -3.42. The maximum Gasteiger partial charge on any atom is 0.402 e. The molecular formula is C20H23F7N4O2. The van der Waals surface area contributed by atoms with Gasteiger partial charge in [-0.3, -0.25) is 19.2 Å². The Hall–Kier alpha value is -2.15. The second-order valence-electron chi connectivity index (χ2n) is 9.04. The molecule has 2 aliphatic carbocycles. The van der Waals surface area contributed by atoms with Crippen molar-refractivity contribution in [3.05, 3.63) is 31.4 Å². The molecule has 0 aromatic carbocycles. The minimum Gasteiger partial charge on any atom is -0.327 e. The largest absolute Gasteiger partial charge is 0.402 e. The molecule has 33 heavy (non-hydrogen) atoms. The van der Waals surface area contributed by atoms with Crippen molar-refractivity contribution in [2.75, 3.05) is 13.1 Å². The van der Waals surface area contributed by atoms with Crippen LogP contribution < -0.4 is 27.6 Å². The molecule has 0 amide bonds. The predicted molar refractivity (Wildman–Crippen MR) is 104 cm³/mol. The first-order valence-corrected chi connectivity index (χ1v) is 10.6. The van der Waals surface area contributed by atoms with Gasteiger partial charge in [0.25, 0.3) is 5.56 Å². The van der Waals surface area contributed by atoms with Crippen molar-refractivity contribution < 1.29 is 30.7 Å². The fourth-order valence-electron chi connectivity index (χ4n) is 5.18. The summed E-state index contributed by atoms with van der Waals surface area (Å²) in [5, 5.41) is 0.269. The third-order valence-corrected chi connectivity index (χ3v) is 6.82. The van der Waals surface area contributed by atoms with Crippen LogP contribution in [0.25, 0.3) is 11.6 Å². The number of nitrogens with two attached hydrogens (primary N) is 1. The smallest absolute Gasteiger partial charge is 0.327 e. The summed E-state index contributed by atoms with van der Waals surface area (Å²) in [4.78, 5) is 28.3. The molecule has 0 bridgehead atoms. The summed E-state index contributed by atoms with van der Waals surface area (Å²) in [7, 11) is 0. The normalized spacial score (nSPS) is 27.6. The zero-order valence-corrected chi connectivity index (χ0v) is 17.5. The average Bonchev–Trinajstić information content (AvgIpc) is 3.36. The van der Waals surface area contributed by atoms with Gasteiger partial charge in [-0.05, 0) is 50.3 Å². The molecule has 3 aliphatic rings. The SMILES string of the molecule is CC1=c2c(c(=O)[nH]c(=O)n2C2CC2)=CC(F)C1N1CCC(C(N)C(C(F)(F)F)C(F)(F)F)C1. The van der Waals surface area contributed by atoms with E-state index in [0.29, 0.717) is 18.4 Å². The lowest BCUT2D eigenvalue weighted by Crippen LogP contribution is -2.60. The van der Waals surface area contributed by atoms with Crippen molar-refractivity contribution in [2.24, 2.45) is 17.6 Å². The fraction of sp³-hybridized carbons (Fsp3) is 0.700. The molecule has 2 fully saturated rings. The molecule has 4 unspecified atom stereocenters. The van der Waals surface area contributed by atoms with Crippen LogP contribution in [0.5, 0.6) is 0 Å². The number of H-pyrrole nitrogens is 1. The number of likely N-dealkylation sites (tertiary alicyclic amines) is 1. The van der Waals surface area contributed by atoms with E-state index in [-0.39, 0.29) is 36.1 Å². The summed E-state index contributed by atoms with van der Waals surface area (Å²) in [5.74, 6) is -4.84. The fourth-order valence-corrected chi connectivity index (χ4v) is 5.18. The van der Waals surface area contributed by atoms with Crippen molar-refractivity contribution in [2.45, 2.75) is 62.8 Å². The van der Waals surface area contributed by atoms with Gasteiger partial charge in [-0.15, -0.1) is 0 Å². The third kappa shape index (κ3) is 4.25. The number of aromatic nitrogens is 2. The van der Waals surface area contributed by atoms with Crippen LogP contribution in [-0.2, 0) is 0 Å². The van der Waals surface area contributed by atoms with Gasteiger partial charge < -0.3 is 5.73 Å². The number of halogens is 7. The molecule has 0 radical (unpaired) electrons. The second kappa shape index (κ2) is 7.97. The average molecular weight is 484 g/mol. The van der Waals surface area contributed by atoms with Gasteiger partial charge in [-0.1, -0.05) is 0 Å². The van der Waals surface area contributed by atoms with E-state index in [9.17, 15) is 35.9 Å². The quantitative estimate of drug-likeness (QED) is 0.624. The van der Waals surface area contributed by atoms with Crippen LogP contribution in [0.1, 0.15) is 32.2 Å². The standard InChI is InChI=1S/C20H23F7N4O2/c1-8-14-11(17(32)29-18(33)31(14)10-2-3-10)6-12(21)15(8)30-5-4-9(7-30)13(28)16(19(22,23)24)20(25,26)27/h6,9-10,12-13,15-16H,2-5,7,28H2,1H3,(H,29,32,33). The number of hydrogen-bond donors (Lipinski definition) is 2. The molecule has 1 saturated heterocycles. The molecule has 13 heteroatoms. The molecule has 4 rings (SSSR count). The van der Waals surface area contributed by atoms with Gasteiger partial charge in [0.1, 0.15) is 6.17 Å². The zero-order valence-electron chi connectivity index (χ0n) is 17.5. The molecular weight excluding hydrogens is 461 g/mol. The van der Waals surface area contributed by atoms with Crippen molar-refractivity contribution in [1.29, 1.82) is 0 Å². The van der Waals surface area contributed by atoms with Crippen LogP contribution in [0.15, 0.2) is 9.59 Å². The maximum atomic E-state index is 15.2. The van der Waals surface area contributed by atoms with Crippen molar-refractivity contribution >= 4 is 11.6 Å². The first kappa shape index (κ1) is 24.0. The van der Waals surface area contributed by atoms with Gasteiger partial charge in [0, 0.05) is 18.6 Å². The molecule has 4 atom stereocenters. The molecule has 2 heterocycles. The Morgan fingerprint density at radius 1 is 1.09 bits per heavy atom. The second-order valence-corrected chi connectivity index (χ2v) is 9.04. The monoisotopic (exact) mass is 484 g/mol. The van der Waals surface area contributed by atoms with Gasteiger partial charge >= 0.3 is 18.0 Å². The third-order valence-electron chi connectivity index (χ3n) is 6.82. The first-order chi connectivity index (χ1) is 15.2. The Morgan fingerprint density at radius 3 is 2.24 bits per heavy atom. The molecule has 0 spiro atoms. The lowest BCUT2D eigenvalue weighted by atomic mass is 9.87. The Morgan fingerprint density at radius 2 is 1.70 bits per heavy atom. The van der Waals surface area contributed by atoms with E-state index in [1.807, 2.05) is 0 Å². The molecule has 1 aromatic rings. The Bertz CT molecular complexity index is 1150. The first-order valence-electron chi connectivity index (χ1n) is 10.6. The lowest BCUT2D eigenvalue weighted by molar-refractivity contribution is -0.292. The van der Waals surface area contributed by atoms with E-state index in [0.717, 1.165) is 6.08 Å². The van der Waals surface area contributed by atoms with Gasteiger partial charge in [-0.2, -0.15) is 26.3 Å². The summed E-state index contributed by atoms with van der Waals surface area (Å²) in [6.07, 6.45) is -10.5. The lowest BCUT2D eigenvalue weighted by Gasteiger charge is -2.34. The summed E-state index contributed by atoms with van der Waals surface area (Å²) in [6.45, 7) is 1.29. The van der Waals surface area contributed by atoms with Crippen molar-refractivity contribution in [3.63, 3.8) is 0 Å². The molecule has 3 N–H and O–H groups in total. The van der Waals surface area contributed by atoms with Gasteiger partial charge in [0.2, 0.25) is 0 Å². The summed E-state index contributed by atoms with van der Waals surface area (Å²) in [5.41, 5.74) is 4.44. The van der Waals surface area contributed by atoms with Crippen molar-refractivity contribution in [3.8, 4) is 0 Å². The zero-order chi connectivity index (χ0) is 24.5. The van der Waals surface area contributed by atoms with E-state index in [1.54, 1.807) is 0 Å². The molecule has 1 saturated carbocycles. The van der Waals surface area contributed by atoms with Crippen LogP contribution >= 0.6 is 0 Å². The number of nitrogens with one attached hydrogen (secondary N) is 1. The van der Waals surface area contributed by atoms with E-state index < -0.39 is 53.7 Å². The highest BCUT2D eigenvalue weighted by Crippen LogP contribution is 2.44. The summed E-state index contributed by atoms with van der Waals surface area (Å²) >= 11 is 0. The number of fused-ring (bicyclic) bond motifs is 1. The van der Waals surface area contributed by atoms with E-state index in [4.69, 9.17) is 5.73 Å². The minimum atomic E-state index is -5.56. The van der Waals surface area contributed by atoms with Gasteiger partial charge in [-0.25, -0.2) is 9.18 Å². The van der Waals surface area contributed by atoms with E-state index in [2.05, 4.69) is 4.98 Å². The molecule has 1 aliphatic heterocycles. The van der Waals surface area contributed by atoms with Crippen LogP contribution in [0.4, 0.5) is 30.7 Å². The Balaban J connectivity index is 1.69. The van der Waals surface area contributed by atoms with E-state index in [1.165, 1.54) is 16.4 Å². The minimum absolute atomic E-state index is 0.00408. The Labute approximate surface area is 182 Å². The van der Waals surface area contributed by atoms with Gasteiger partial charge in [0.15, 0.2) is 5.92 Å². The number of hydrogen-bond acceptors (Lipinski definition) is 4. The Kier molecular flexibility index (Phi) is 5.79. The summed E-state index contributed by atoms with van der Waals surface area (Å²) < 4.78 is 95.3. The predicted octanol–water partition coefficient (Wildman–Crippen LogP) is 0.933. The van der Waals surface area contributed by atoms with Crippen molar-refractivity contribution in [1.82, 2.24) is 14.5 Å². The number of nitrogens with zero attached hydrogens (tertiary/aromatic N) is 2. The number of aromatic amines is 1. The topological polar surface area (TPSA) is 84.1 Å². The highest BCUT2D eigenvalue weighted by Gasteiger charge is 2.61. The molecule has 1 aromatic heterocycles. The van der Waals surface area contributed by atoms with Crippen LogP contribution in [0.3, 0.4) is 0 Å². The number of alkyl halides is 7. The van der Waals surface area contributed by atoms with Crippen LogP contribution in [0.2, 0.25) is 0 Å².